The summed E-state index contributed by atoms with van der Waals surface area (Å²) in [7, 11) is 0. The number of hydrogen-bond donors (Lipinski definition) is 0. The van der Waals surface area contributed by atoms with Crippen LogP contribution >= 0.6 is 38.5 Å². The van der Waals surface area contributed by atoms with E-state index in [1.165, 1.54) is 0 Å². The van der Waals surface area contributed by atoms with E-state index in [4.69, 9.17) is 4.74 Å². The first-order valence-electron chi connectivity index (χ1n) is 3.82. The highest BCUT2D eigenvalue weighted by Gasteiger charge is 2.10. The Morgan fingerprint density at radius 1 is 1.46 bits per heavy atom. The van der Waals surface area contributed by atoms with Gasteiger partial charge in [0.1, 0.15) is 0 Å². The molecule has 13 heavy (non-hydrogen) atoms. The van der Waals surface area contributed by atoms with Gasteiger partial charge in [-0.1, -0.05) is 15.9 Å². The minimum absolute atomic E-state index is 0.0143. The van der Waals surface area contributed by atoms with E-state index < -0.39 is 0 Å². The van der Waals surface area contributed by atoms with Crippen molar-refractivity contribution in [2.45, 2.75) is 20.0 Å². The van der Waals surface area contributed by atoms with E-state index in [0.29, 0.717) is 9.32 Å². The molecule has 0 atom stereocenters. The average Bonchev–Trinajstić information content (AvgIpc) is 1.98. The molecule has 0 bridgehead atoms. The Morgan fingerprint density at radius 2 is 2.08 bits per heavy atom. The third-order valence-electron chi connectivity index (χ3n) is 1.32. The number of ether oxygens (including phenoxy) is 1. The van der Waals surface area contributed by atoms with Crippen molar-refractivity contribution in [3.63, 3.8) is 0 Å². The summed E-state index contributed by atoms with van der Waals surface area (Å²) in [6.07, 6.45) is -0.0143. The standard InChI is InChI=1S/C9H9BrFIO/c1-5(2)13-8-4-6(10)3-7(12)9(8)11/h3-5H,1-2H3. The Bertz CT molecular complexity index is 315. The van der Waals surface area contributed by atoms with E-state index >= 15 is 0 Å². The molecule has 0 heterocycles. The van der Waals surface area contributed by atoms with Gasteiger partial charge in [0, 0.05) is 4.47 Å². The van der Waals surface area contributed by atoms with Crippen molar-refractivity contribution in [1.82, 2.24) is 0 Å². The molecule has 4 heteroatoms. The van der Waals surface area contributed by atoms with Gasteiger partial charge in [-0.3, -0.25) is 0 Å². The average molecular weight is 359 g/mol. The highest BCUT2D eigenvalue weighted by Crippen LogP contribution is 2.27. The van der Waals surface area contributed by atoms with E-state index in [-0.39, 0.29) is 11.9 Å². The van der Waals surface area contributed by atoms with Gasteiger partial charge in [-0.2, -0.15) is 0 Å². The maximum absolute atomic E-state index is 13.4. The molecule has 0 fully saturated rings. The topological polar surface area (TPSA) is 9.23 Å². The lowest BCUT2D eigenvalue weighted by Gasteiger charge is -2.11. The third-order valence-corrected chi connectivity index (χ3v) is 2.57. The van der Waals surface area contributed by atoms with E-state index in [1.54, 1.807) is 12.1 Å². The van der Waals surface area contributed by atoms with Gasteiger partial charge in [-0.15, -0.1) is 0 Å². The molecule has 1 nitrogen and oxygen atoms in total. The quantitative estimate of drug-likeness (QED) is 0.574. The molecule has 0 N–H and O–H groups in total. The minimum atomic E-state index is -0.294. The lowest BCUT2D eigenvalue weighted by Crippen LogP contribution is -2.07. The maximum atomic E-state index is 13.4. The Labute approximate surface area is 98.9 Å². The predicted molar refractivity (Wildman–Crippen MR) is 62.6 cm³/mol. The summed E-state index contributed by atoms with van der Waals surface area (Å²) < 4.78 is 20.1. The van der Waals surface area contributed by atoms with Crippen molar-refractivity contribution in [2.24, 2.45) is 0 Å². The van der Waals surface area contributed by atoms with Crippen LogP contribution in [-0.4, -0.2) is 6.10 Å². The van der Waals surface area contributed by atoms with Crippen LogP contribution < -0.4 is 4.74 Å². The van der Waals surface area contributed by atoms with Crippen molar-refractivity contribution in [3.8, 4) is 5.75 Å². The normalized spacial score (nSPS) is 10.6. The van der Waals surface area contributed by atoms with Gasteiger partial charge in [0.05, 0.1) is 9.67 Å². The second-order valence-electron chi connectivity index (χ2n) is 2.87. The summed E-state index contributed by atoms with van der Waals surface area (Å²) in [4.78, 5) is 0. The summed E-state index contributed by atoms with van der Waals surface area (Å²) >= 11 is 5.22. The van der Waals surface area contributed by atoms with Gasteiger partial charge in [-0.05, 0) is 48.6 Å². The van der Waals surface area contributed by atoms with Crippen LogP contribution in [0.4, 0.5) is 4.39 Å². The fourth-order valence-corrected chi connectivity index (χ4v) is 2.34. The van der Waals surface area contributed by atoms with Gasteiger partial charge >= 0.3 is 0 Å². The van der Waals surface area contributed by atoms with Gasteiger partial charge in [0.15, 0.2) is 11.6 Å². The predicted octanol–water partition coefficient (Wildman–Crippen LogP) is 3.98. The number of halogens is 3. The summed E-state index contributed by atoms with van der Waals surface area (Å²) in [5.41, 5.74) is 0. The first kappa shape index (κ1) is 11.2. The molecule has 0 saturated carbocycles. The fraction of sp³-hybridized carbons (Fsp3) is 0.333. The Hall–Kier alpha value is 0.160. The SMILES string of the molecule is CC(C)Oc1cc(Br)cc(I)c1F. The first-order chi connectivity index (χ1) is 6.00. The summed E-state index contributed by atoms with van der Waals surface area (Å²) in [6.45, 7) is 3.74. The number of rotatable bonds is 2. The van der Waals surface area contributed by atoms with Crippen LogP contribution in [0.2, 0.25) is 0 Å². The molecule has 0 saturated heterocycles. The van der Waals surface area contributed by atoms with Crippen LogP contribution in [0.1, 0.15) is 13.8 Å². The van der Waals surface area contributed by atoms with Gasteiger partial charge in [-0.25, -0.2) is 4.39 Å². The highest BCUT2D eigenvalue weighted by molar-refractivity contribution is 14.1. The lowest BCUT2D eigenvalue weighted by molar-refractivity contribution is 0.230. The second kappa shape index (κ2) is 4.59. The molecule has 1 aromatic rings. The van der Waals surface area contributed by atoms with Gasteiger partial charge in [0.2, 0.25) is 0 Å². The molecule has 1 rings (SSSR count). The zero-order valence-electron chi connectivity index (χ0n) is 7.27. The smallest absolute Gasteiger partial charge is 0.178 e. The number of benzene rings is 1. The Balaban J connectivity index is 3.05. The monoisotopic (exact) mass is 358 g/mol. The molecule has 0 radical (unpaired) electrons. The van der Waals surface area contributed by atoms with Crippen molar-refractivity contribution >= 4 is 38.5 Å². The molecule has 0 amide bonds. The molecule has 0 spiro atoms. The Morgan fingerprint density at radius 3 is 2.62 bits per heavy atom. The van der Waals surface area contributed by atoms with Crippen LogP contribution in [0.25, 0.3) is 0 Å². The molecule has 72 valence electrons. The maximum Gasteiger partial charge on any atom is 0.178 e. The van der Waals surface area contributed by atoms with Crippen LogP contribution in [0, 0.1) is 9.39 Å². The molecular formula is C9H9BrFIO. The Kier molecular flexibility index (Phi) is 3.97. The van der Waals surface area contributed by atoms with Crippen molar-refractivity contribution in [2.75, 3.05) is 0 Å². The van der Waals surface area contributed by atoms with Crippen LogP contribution in [0.5, 0.6) is 5.75 Å². The first-order valence-corrected chi connectivity index (χ1v) is 5.69. The van der Waals surface area contributed by atoms with Crippen LogP contribution in [0.15, 0.2) is 16.6 Å². The van der Waals surface area contributed by atoms with Gasteiger partial charge < -0.3 is 4.74 Å². The van der Waals surface area contributed by atoms with Crippen LogP contribution in [0.3, 0.4) is 0 Å². The summed E-state index contributed by atoms with van der Waals surface area (Å²) in [5.74, 6) is 0.00581. The zero-order valence-corrected chi connectivity index (χ0v) is 11.0. The largest absolute Gasteiger partial charge is 0.488 e. The highest BCUT2D eigenvalue weighted by atomic mass is 127. The second-order valence-corrected chi connectivity index (χ2v) is 4.94. The minimum Gasteiger partial charge on any atom is -0.488 e. The molecule has 0 aromatic heterocycles. The molecule has 1 aromatic carbocycles. The molecule has 0 aliphatic carbocycles. The zero-order chi connectivity index (χ0) is 10.0. The van der Waals surface area contributed by atoms with Gasteiger partial charge in [0.25, 0.3) is 0 Å². The lowest BCUT2D eigenvalue weighted by atomic mass is 10.3. The molecule has 0 unspecified atom stereocenters. The van der Waals surface area contributed by atoms with E-state index in [2.05, 4.69) is 15.9 Å². The number of hydrogen-bond acceptors (Lipinski definition) is 1. The summed E-state index contributed by atoms with van der Waals surface area (Å²) in [6, 6.07) is 3.35. The summed E-state index contributed by atoms with van der Waals surface area (Å²) in [5, 5.41) is 0. The van der Waals surface area contributed by atoms with E-state index in [0.717, 1.165) is 4.47 Å². The molecular weight excluding hydrogens is 350 g/mol. The molecule has 0 aliphatic heterocycles. The van der Waals surface area contributed by atoms with Crippen LogP contribution in [-0.2, 0) is 0 Å². The van der Waals surface area contributed by atoms with Crippen molar-refractivity contribution in [3.05, 3.63) is 26.0 Å². The van der Waals surface area contributed by atoms with E-state index in [9.17, 15) is 4.39 Å². The van der Waals surface area contributed by atoms with Crippen molar-refractivity contribution < 1.29 is 9.13 Å². The molecule has 0 aliphatic rings. The van der Waals surface area contributed by atoms with E-state index in [1.807, 2.05) is 36.4 Å². The third kappa shape index (κ3) is 3.09. The fourth-order valence-electron chi connectivity index (χ4n) is 0.872. The van der Waals surface area contributed by atoms with Crippen molar-refractivity contribution in [1.29, 1.82) is 0 Å².